The van der Waals surface area contributed by atoms with Gasteiger partial charge in [0.2, 0.25) is 0 Å². The highest BCUT2D eigenvalue weighted by Gasteiger charge is 2.64. The van der Waals surface area contributed by atoms with Crippen LogP contribution in [0.15, 0.2) is 10.1 Å². The highest BCUT2D eigenvalue weighted by Crippen LogP contribution is 2.67. The smallest absolute Gasteiger partial charge is 0.106 e. The largest absolute Gasteiger partial charge is 0.393 e. The van der Waals surface area contributed by atoms with Gasteiger partial charge in [0.25, 0.3) is 0 Å². The second-order valence-electron chi connectivity index (χ2n) is 9.55. The first-order chi connectivity index (χ1) is 11.7. The molecule has 0 heterocycles. The van der Waals surface area contributed by atoms with E-state index in [0.29, 0.717) is 22.7 Å². The van der Waals surface area contributed by atoms with Crippen molar-refractivity contribution in [1.29, 1.82) is 0 Å². The van der Waals surface area contributed by atoms with Crippen molar-refractivity contribution in [1.82, 2.24) is 0 Å². The average Bonchev–Trinajstić information content (AvgIpc) is 2.91. The van der Waals surface area contributed by atoms with Crippen LogP contribution in [0.2, 0.25) is 0 Å². The lowest BCUT2D eigenvalue weighted by Crippen LogP contribution is -2.63. The Bertz CT molecular complexity index is 589. The minimum Gasteiger partial charge on any atom is -0.393 e. The van der Waals surface area contributed by atoms with Crippen LogP contribution >= 0.6 is 23.2 Å². The first kappa shape index (κ1) is 18.6. The number of hydrogen-bond acceptors (Lipinski definition) is 3. The SMILES string of the molecule is C[C@]12CC[C@H](O)CC1[C@@H](O)C(O)C1C2CC[C@]2(C)C(=C(Cl)Cl)CCC12. The molecule has 4 fully saturated rings. The van der Waals surface area contributed by atoms with Gasteiger partial charge >= 0.3 is 0 Å². The van der Waals surface area contributed by atoms with Crippen molar-refractivity contribution in [3.8, 4) is 0 Å². The normalized spacial score (nSPS) is 55.3. The molecule has 142 valence electrons. The predicted molar refractivity (Wildman–Crippen MR) is 99.2 cm³/mol. The lowest BCUT2D eigenvalue weighted by Gasteiger charge is -2.63. The summed E-state index contributed by atoms with van der Waals surface area (Å²) in [5.41, 5.74) is 1.09. The number of aliphatic hydroxyl groups excluding tert-OH is 3. The maximum Gasteiger partial charge on any atom is 0.106 e. The van der Waals surface area contributed by atoms with Crippen molar-refractivity contribution in [3.63, 3.8) is 0 Å². The van der Waals surface area contributed by atoms with E-state index in [4.69, 9.17) is 23.2 Å². The molecular weight excluding hydrogens is 359 g/mol. The standard InChI is InChI=1S/C20H30Cl2O3/c1-19-8-6-12-15(11(19)3-4-13(19)18(21)22)17(25)16(24)14-9-10(23)5-7-20(12,14)2/h10-12,14-17,23-25H,3-9H2,1-2H3/t10-,11?,12?,14?,15?,16+,17?,19-,20+/m0/s1. The Balaban J connectivity index is 1.73. The molecule has 0 amide bonds. The first-order valence-electron chi connectivity index (χ1n) is 9.79. The third kappa shape index (κ3) is 2.49. The van der Waals surface area contributed by atoms with Crippen LogP contribution in [0.1, 0.15) is 58.8 Å². The van der Waals surface area contributed by atoms with Gasteiger partial charge in [0.15, 0.2) is 0 Å². The number of halogens is 2. The molecular formula is C20H30Cl2O3. The van der Waals surface area contributed by atoms with Gasteiger partial charge in [0.1, 0.15) is 4.49 Å². The molecule has 3 N–H and O–H groups in total. The van der Waals surface area contributed by atoms with Gasteiger partial charge in [0.05, 0.1) is 18.3 Å². The van der Waals surface area contributed by atoms with E-state index in [-0.39, 0.29) is 28.8 Å². The van der Waals surface area contributed by atoms with Gasteiger partial charge in [-0.1, -0.05) is 37.0 Å². The lowest BCUT2D eigenvalue weighted by molar-refractivity contribution is -0.217. The van der Waals surface area contributed by atoms with Gasteiger partial charge in [-0.25, -0.2) is 0 Å². The van der Waals surface area contributed by atoms with Crippen LogP contribution in [-0.4, -0.2) is 33.6 Å². The molecule has 25 heavy (non-hydrogen) atoms. The molecule has 4 aliphatic carbocycles. The topological polar surface area (TPSA) is 60.7 Å². The van der Waals surface area contributed by atoms with Crippen molar-refractivity contribution >= 4 is 23.2 Å². The van der Waals surface area contributed by atoms with Crippen molar-refractivity contribution in [2.75, 3.05) is 0 Å². The van der Waals surface area contributed by atoms with E-state index in [0.717, 1.165) is 44.1 Å². The van der Waals surface area contributed by atoms with Crippen LogP contribution in [0.25, 0.3) is 0 Å². The van der Waals surface area contributed by atoms with Gasteiger partial charge in [-0.3, -0.25) is 0 Å². The van der Waals surface area contributed by atoms with Gasteiger partial charge < -0.3 is 15.3 Å². The molecule has 0 aromatic rings. The molecule has 0 bridgehead atoms. The molecule has 4 aliphatic rings. The predicted octanol–water partition coefficient (Wildman–Crippen LogP) is 4.02. The summed E-state index contributed by atoms with van der Waals surface area (Å²) in [7, 11) is 0. The minimum absolute atomic E-state index is 0.00109. The molecule has 5 heteroatoms. The Morgan fingerprint density at radius 3 is 2.32 bits per heavy atom. The summed E-state index contributed by atoms with van der Waals surface area (Å²) >= 11 is 12.4. The summed E-state index contributed by atoms with van der Waals surface area (Å²) in [6.07, 6.45) is 4.51. The molecule has 4 saturated carbocycles. The van der Waals surface area contributed by atoms with E-state index >= 15 is 0 Å². The van der Waals surface area contributed by atoms with Crippen molar-refractivity contribution in [2.24, 2.45) is 34.5 Å². The fourth-order valence-electron chi connectivity index (χ4n) is 7.36. The van der Waals surface area contributed by atoms with Crippen LogP contribution in [0.4, 0.5) is 0 Å². The minimum atomic E-state index is -0.747. The number of aliphatic hydroxyl groups is 3. The van der Waals surface area contributed by atoms with E-state index in [1.165, 1.54) is 0 Å². The Morgan fingerprint density at radius 2 is 1.64 bits per heavy atom. The van der Waals surface area contributed by atoms with E-state index < -0.39 is 12.2 Å². The lowest BCUT2D eigenvalue weighted by atomic mass is 9.43. The second-order valence-corrected chi connectivity index (χ2v) is 10.5. The molecule has 0 aromatic heterocycles. The van der Waals surface area contributed by atoms with Crippen LogP contribution in [-0.2, 0) is 0 Å². The maximum atomic E-state index is 11.1. The van der Waals surface area contributed by atoms with Crippen molar-refractivity contribution < 1.29 is 15.3 Å². The number of hydrogen-bond donors (Lipinski definition) is 3. The monoisotopic (exact) mass is 388 g/mol. The Labute approximate surface area is 160 Å². The molecule has 9 atom stereocenters. The summed E-state index contributed by atoms with van der Waals surface area (Å²) in [5, 5.41) is 32.2. The first-order valence-corrected chi connectivity index (χ1v) is 10.5. The van der Waals surface area contributed by atoms with E-state index in [2.05, 4.69) is 13.8 Å². The molecule has 3 nitrogen and oxygen atoms in total. The highest BCUT2D eigenvalue weighted by atomic mass is 35.5. The summed E-state index contributed by atoms with van der Waals surface area (Å²) in [6.45, 7) is 4.54. The highest BCUT2D eigenvalue weighted by molar-refractivity contribution is 6.56. The Morgan fingerprint density at radius 1 is 0.920 bits per heavy atom. The third-order valence-corrected chi connectivity index (χ3v) is 9.19. The number of fused-ring (bicyclic) bond motifs is 5. The van der Waals surface area contributed by atoms with Crippen LogP contribution < -0.4 is 0 Å². The summed E-state index contributed by atoms with van der Waals surface area (Å²) < 4.78 is 0.402. The van der Waals surface area contributed by atoms with Crippen LogP contribution in [0, 0.1) is 34.5 Å². The molecule has 0 aromatic carbocycles. The molecule has 0 spiro atoms. The van der Waals surface area contributed by atoms with Crippen LogP contribution in [0.3, 0.4) is 0 Å². The number of rotatable bonds is 0. The number of allylic oxidation sites excluding steroid dienone is 1. The maximum absolute atomic E-state index is 11.1. The Hall–Kier alpha value is 0.200. The molecule has 5 unspecified atom stereocenters. The average molecular weight is 389 g/mol. The summed E-state index contributed by atoms with van der Waals surface area (Å²) in [4.78, 5) is 0. The van der Waals surface area contributed by atoms with E-state index in [9.17, 15) is 15.3 Å². The molecule has 0 saturated heterocycles. The van der Waals surface area contributed by atoms with Crippen molar-refractivity contribution in [2.45, 2.75) is 77.1 Å². The van der Waals surface area contributed by atoms with Gasteiger partial charge in [-0.2, -0.15) is 0 Å². The summed E-state index contributed by atoms with van der Waals surface area (Å²) in [6, 6.07) is 0. The van der Waals surface area contributed by atoms with Gasteiger partial charge in [-0.05, 0) is 85.0 Å². The van der Waals surface area contributed by atoms with Crippen molar-refractivity contribution in [3.05, 3.63) is 10.1 Å². The molecule has 0 aliphatic heterocycles. The third-order valence-electron chi connectivity index (χ3n) is 8.74. The fraction of sp³-hybridized carbons (Fsp3) is 0.900. The Kier molecular flexibility index (Phi) is 4.53. The zero-order valence-corrected chi connectivity index (χ0v) is 16.6. The summed E-state index contributed by atoms with van der Waals surface area (Å²) in [5.74, 6) is 0.804. The second kappa shape index (κ2) is 6.10. The zero-order chi connectivity index (χ0) is 18.1. The van der Waals surface area contributed by atoms with E-state index in [1.807, 2.05) is 0 Å². The quantitative estimate of drug-likeness (QED) is 0.587. The van der Waals surface area contributed by atoms with Gasteiger partial charge in [0, 0.05) is 0 Å². The molecule has 0 radical (unpaired) electrons. The fourth-order valence-corrected chi connectivity index (χ4v) is 7.98. The van der Waals surface area contributed by atoms with Crippen LogP contribution in [0.5, 0.6) is 0 Å². The molecule has 4 rings (SSSR count). The van der Waals surface area contributed by atoms with E-state index in [1.54, 1.807) is 0 Å². The van der Waals surface area contributed by atoms with Gasteiger partial charge in [-0.15, -0.1) is 0 Å². The zero-order valence-electron chi connectivity index (χ0n) is 15.1.